The van der Waals surface area contributed by atoms with Gasteiger partial charge in [-0.25, -0.2) is 15.0 Å². The maximum Gasteiger partial charge on any atom is 0.225 e. The summed E-state index contributed by atoms with van der Waals surface area (Å²) in [6.45, 7) is 7.40. The average Bonchev–Trinajstić information content (AvgIpc) is 3.53. The van der Waals surface area contributed by atoms with Crippen molar-refractivity contribution in [3.8, 4) is 11.1 Å². The monoisotopic (exact) mass is 490 g/mol. The Kier molecular flexibility index (Phi) is 6.59. The highest BCUT2D eigenvalue weighted by molar-refractivity contribution is 5.96. The van der Waals surface area contributed by atoms with Crippen LogP contribution in [0.15, 0.2) is 18.6 Å². The molecule has 3 N–H and O–H groups in total. The predicted molar refractivity (Wildman–Crippen MR) is 138 cm³/mol. The maximum atomic E-state index is 12.3. The standard InChI is InChI=1S/C26H34N8O2/c1-4-21-25(30-17-5-6-19(35)11-17)32-22-20(13-28-24(27)23(22)31-21)16-12-29-34(14-16)18-7-9-33(10-8-18)26(36)15(2)3/h12-15,17-18H,4-11H2,1-3H3,(H2,27,28)(H,30,32)/t17-/m1/s1. The number of aryl methyl sites for hydroxylation is 1. The van der Waals surface area contributed by atoms with Crippen molar-refractivity contribution in [3.63, 3.8) is 0 Å². The van der Waals surface area contributed by atoms with Gasteiger partial charge in [-0.2, -0.15) is 5.10 Å². The summed E-state index contributed by atoms with van der Waals surface area (Å²) in [5.41, 5.74) is 9.98. The lowest BCUT2D eigenvalue weighted by Crippen LogP contribution is -2.41. The second-order valence-corrected chi connectivity index (χ2v) is 10.2. The first kappa shape index (κ1) is 24.1. The normalized spacial score (nSPS) is 18.9. The summed E-state index contributed by atoms with van der Waals surface area (Å²) >= 11 is 0. The van der Waals surface area contributed by atoms with E-state index in [0.717, 1.165) is 49.2 Å². The Bertz CT molecular complexity index is 1290. The van der Waals surface area contributed by atoms with E-state index < -0.39 is 0 Å². The van der Waals surface area contributed by atoms with Gasteiger partial charge in [-0.05, 0) is 25.7 Å². The van der Waals surface area contributed by atoms with Crippen LogP contribution in [0.1, 0.15) is 64.6 Å². The minimum absolute atomic E-state index is 0.0204. The molecule has 0 unspecified atom stereocenters. The van der Waals surface area contributed by atoms with Crippen molar-refractivity contribution in [2.24, 2.45) is 5.92 Å². The molecular formula is C26H34N8O2. The Morgan fingerprint density at radius 2 is 1.94 bits per heavy atom. The molecule has 0 radical (unpaired) electrons. The van der Waals surface area contributed by atoms with Crippen LogP contribution < -0.4 is 11.1 Å². The zero-order valence-electron chi connectivity index (χ0n) is 21.2. The van der Waals surface area contributed by atoms with E-state index in [0.29, 0.717) is 41.9 Å². The van der Waals surface area contributed by atoms with Crippen molar-refractivity contribution < 1.29 is 9.59 Å². The van der Waals surface area contributed by atoms with Crippen molar-refractivity contribution in [2.75, 3.05) is 24.1 Å². The molecule has 2 aliphatic rings. The number of likely N-dealkylation sites (tertiary alicyclic amines) is 1. The van der Waals surface area contributed by atoms with Gasteiger partial charge in [-0.1, -0.05) is 20.8 Å². The molecule has 190 valence electrons. The molecule has 1 amide bonds. The van der Waals surface area contributed by atoms with Gasteiger partial charge in [0.2, 0.25) is 5.91 Å². The molecule has 10 nitrogen and oxygen atoms in total. The number of nitrogens with two attached hydrogens (primary N) is 1. The van der Waals surface area contributed by atoms with Crippen LogP contribution in [-0.4, -0.2) is 60.5 Å². The van der Waals surface area contributed by atoms with Crippen LogP contribution in [0.4, 0.5) is 11.6 Å². The number of hydrogen-bond acceptors (Lipinski definition) is 8. The van der Waals surface area contributed by atoms with Crippen LogP contribution >= 0.6 is 0 Å². The topological polar surface area (TPSA) is 132 Å². The molecule has 1 saturated heterocycles. The summed E-state index contributed by atoms with van der Waals surface area (Å²) in [6.07, 6.45) is 9.93. The zero-order chi connectivity index (χ0) is 25.4. The van der Waals surface area contributed by atoms with Crippen molar-refractivity contribution >= 4 is 34.4 Å². The largest absolute Gasteiger partial charge is 0.382 e. The highest BCUT2D eigenvalue weighted by Gasteiger charge is 2.27. The third kappa shape index (κ3) is 4.64. The van der Waals surface area contributed by atoms with Gasteiger partial charge in [0.1, 0.15) is 22.6 Å². The number of fused-ring (bicyclic) bond motifs is 1. The molecule has 1 atom stereocenters. The van der Waals surface area contributed by atoms with Gasteiger partial charge in [-0.3, -0.25) is 14.3 Å². The van der Waals surface area contributed by atoms with Crippen molar-refractivity contribution in [2.45, 2.75) is 71.4 Å². The first-order valence-corrected chi connectivity index (χ1v) is 12.9. The van der Waals surface area contributed by atoms with Gasteiger partial charge in [0.05, 0.1) is 17.9 Å². The van der Waals surface area contributed by atoms with Crippen LogP contribution in [-0.2, 0) is 16.0 Å². The molecule has 0 spiro atoms. The van der Waals surface area contributed by atoms with Gasteiger partial charge >= 0.3 is 0 Å². The van der Waals surface area contributed by atoms with E-state index in [2.05, 4.69) is 15.4 Å². The Morgan fingerprint density at radius 3 is 2.61 bits per heavy atom. The summed E-state index contributed by atoms with van der Waals surface area (Å²) in [5, 5.41) is 8.10. The van der Waals surface area contributed by atoms with E-state index in [4.69, 9.17) is 15.7 Å². The minimum atomic E-state index is 0.0204. The van der Waals surface area contributed by atoms with Crippen LogP contribution in [0.2, 0.25) is 0 Å². The highest BCUT2D eigenvalue weighted by atomic mass is 16.2. The number of nitrogen functional groups attached to an aromatic ring is 1. The lowest BCUT2D eigenvalue weighted by atomic mass is 10.0. The number of carbonyl (C=O) groups is 2. The molecular weight excluding hydrogens is 456 g/mol. The number of nitrogens with one attached hydrogen (secondary N) is 1. The fourth-order valence-electron chi connectivity index (χ4n) is 5.19. The fraction of sp³-hybridized carbons (Fsp3) is 0.538. The average molecular weight is 491 g/mol. The van der Waals surface area contributed by atoms with Crippen molar-refractivity contribution in [1.82, 2.24) is 29.6 Å². The summed E-state index contributed by atoms with van der Waals surface area (Å²) < 4.78 is 1.99. The van der Waals surface area contributed by atoms with Gasteiger partial charge in [0.15, 0.2) is 5.82 Å². The van der Waals surface area contributed by atoms with Crippen molar-refractivity contribution in [3.05, 3.63) is 24.3 Å². The molecule has 0 aromatic carbocycles. The van der Waals surface area contributed by atoms with Crippen LogP contribution in [0, 0.1) is 5.92 Å². The number of ketones is 1. The number of pyridine rings is 1. The SMILES string of the molecule is CCc1nc2c(N)ncc(-c3cnn(C4CCN(C(=O)C(C)C)CC4)c3)c2nc1N[C@@H]1CCC(=O)C1. The van der Waals surface area contributed by atoms with Crippen LogP contribution in [0.5, 0.6) is 0 Å². The van der Waals surface area contributed by atoms with E-state index >= 15 is 0 Å². The minimum Gasteiger partial charge on any atom is -0.382 e. The van der Waals surface area contributed by atoms with E-state index in [-0.39, 0.29) is 29.7 Å². The first-order valence-electron chi connectivity index (χ1n) is 12.9. The fourth-order valence-corrected chi connectivity index (χ4v) is 5.19. The smallest absolute Gasteiger partial charge is 0.225 e. The number of carbonyl (C=O) groups excluding carboxylic acids is 2. The van der Waals surface area contributed by atoms with Crippen LogP contribution in [0.25, 0.3) is 22.2 Å². The second-order valence-electron chi connectivity index (χ2n) is 10.2. The van der Waals surface area contributed by atoms with E-state index in [1.807, 2.05) is 42.7 Å². The van der Waals surface area contributed by atoms with Gasteiger partial charge in [-0.15, -0.1) is 0 Å². The quantitative estimate of drug-likeness (QED) is 0.537. The van der Waals surface area contributed by atoms with Gasteiger partial charge < -0.3 is 16.0 Å². The first-order chi connectivity index (χ1) is 17.3. The van der Waals surface area contributed by atoms with Crippen LogP contribution in [0.3, 0.4) is 0 Å². The lowest BCUT2D eigenvalue weighted by Gasteiger charge is -2.33. The molecule has 4 heterocycles. The molecule has 10 heteroatoms. The molecule has 1 saturated carbocycles. The van der Waals surface area contributed by atoms with E-state index in [1.54, 1.807) is 6.20 Å². The second kappa shape index (κ2) is 9.83. The Morgan fingerprint density at radius 1 is 1.17 bits per heavy atom. The van der Waals surface area contributed by atoms with E-state index in [1.165, 1.54) is 0 Å². The number of aromatic nitrogens is 5. The molecule has 1 aliphatic heterocycles. The predicted octanol–water partition coefficient (Wildman–Crippen LogP) is 3.39. The molecule has 3 aromatic heterocycles. The highest BCUT2D eigenvalue weighted by Crippen LogP contribution is 2.32. The van der Waals surface area contributed by atoms with Gasteiger partial charge in [0.25, 0.3) is 0 Å². The molecule has 2 fully saturated rings. The van der Waals surface area contributed by atoms with E-state index in [9.17, 15) is 9.59 Å². The Balaban J connectivity index is 1.43. The maximum absolute atomic E-state index is 12.3. The van der Waals surface area contributed by atoms with Crippen molar-refractivity contribution in [1.29, 1.82) is 0 Å². The number of piperidine rings is 1. The lowest BCUT2D eigenvalue weighted by molar-refractivity contribution is -0.135. The Hall–Kier alpha value is -3.56. The summed E-state index contributed by atoms with van der Waals surface area (Å²) in [4.78, 5) is 40.2. The molecule has 36 heavy (non-hydrogen) atoms. The van der Waals surface area contributed by atoms with Gasteiger partial charge in [0, 0.05) is 61.4 Å². The number of amides is 1. The molecule has 3 aromatic rings. The number of Topliss-reactive ketones (excluding diaryl/α,β-unsaturated/α-hetero) is 1. The number of rotatable bonds is 6. The molecule has 0 bridgehead atoms. The number of hydrogen-bond donors (Lipinski definition) is 2. The number of anilines is 2. The third-order valence-corrected chi connectivity index (χ3v) is 7.28. The zero-order valence-corrected chi connectivity index (χ0v) is 21.2. The third-order valence-electron chi connectivity index (χ3n) is 7.28. The molecule has 5 rings (SSSR count). The Labute approximate surface area is 210 Å². The number of nitrogens with zero attached hydrogens (tertiary/aromatic N) is 6. The summed E-state index contributed by atoms with van der Waals surface area (Å²) in [7, 11) is 0. The summed E-state index contributed by atoms with van der Waals surface area (Å²) in [5.74, 6) is 1.55. The summed E-state index contributed by atoms with van der Waals surface area (Å²) in [6, 6.07) is 0.311. The molecule has 1 aliphatic carbocycles.